The molecule has 6 nitrogen and oxygen atoms in total. The third-order valence-corrected chi connectivity index (χ3v) is 7.12. The molecule has 0 radical (unpaired) electrons. The number of aromatic amines is 1. The van der Waals surface area contributed by atoms with Crippen molar-refractivity contribution in [2.24, 2.45) is 0 Å². The van der Waals surface area contributed by atoms with Gasteiger partial charge in [0, 0.05) is 12.2 Å². The van der Waals surface area contributed by atoms with Crippen molar-refractivity contribution in [3.8, 4) is 28.4 Å². The minimum Gasteiger partial charge on any atom is -0.456 e. The van der Waals surface area contributed by atoms with E-state index in [0.717, 1.165) is 23.1 Å². The number of pyridine rings is 1. The maximum Gasteiger partial charge on any atom is 0.296 e. The summed E-state index contributed by atoms with van der Waals surface area (Å²) in [6.45, 7) is 1.20. The number of hydrogen-bond acceptors (Lipinski definition) is 5. The average molecular weight is 484 g/mol. The first-order chi connectivity index (χ1) is 17.2. The summed E-state index contributed by atoms with van der Waals surface area (Å²) in [5.74, 6) is 0. The molecule has 7 rings (SSSR count). The van der Waals surface area contributed by atoms with E-state index in [0.29, 0.717) is 35.6 Å². The number of imidazole rings is 1. The molecule has 1 N–H and O–H groups in total. The van der Waals surface area contributed by atoms with Crippen LogP contribution in [0, 0.1) is 0 Å². The van der Waals surface area contributed by atoms with E-state index >= 15 is 0 Å². The van der Waals surface area contributed by atoms with Gasteiger partial charge in [0.2, 0.25) is 0 Å². The largest absolute Gasteiger partial charge is 0.456 e. The number of ether oxygens (including phenoxy) is 3. The van der Waals surface area contributed by atoms with E-state index in [4.69, 9.17) is 30.8 Å². The molecule has 0 aliphatic carbocycles. The Morgan fingerprint density at radius 2 is 1.66 bits per heavy atom. The zero-order valence-corrected chi connectivity index (χ0v) is 19.5. The smallest absolute Gasteiger partial charge is 0.296 e. The van der Waals surface area contributed by atoms with Crippen LogP contribution in [0.4, 0.5) is 0 Å². The van der Waals surface area contributed by atoms with E-state index in [2.05, 4.69) is 64.6 Å². The Labute approximate surface area is 206 Å². The van der Waals surface area contributed by atoms with Crippen LogP contribution in [0.25, 0.3) is 44.3 Å². The molecule has 2 saturated heterocycles. The van der Waals surface area contributed by atoms with Crippen molar-refractivity contribution in [3.63, 3.8) is 0 Å². The van der Waals surface area contributed by atoms with Gasteiger partial charge < -0.3 is 19.2 Å². The van der Waals surface area contributed by atoms with E-state index in [1.807, 2.05) is 18.2 Å². The molecule has 2 aliphatic heterocycles. The van der Waals surface area contributed by atoms with Crippen LogP contribution in [-0.2, 0) is 9.47 Å². The Bertz CT molecular complexity index is 1550. The van der Waals surface area contributed by atoms with E-state index in [1.165, 1.54) is 16.3 Å². The molecule has 0 amide bonds. The molecule has 4 heterocycles. The number of nitrogens with zero attached hydrogens (tertiary/aromatic N) is 2. The van der Waals surface area contributed by atoms with Crippen molar-refractivity contribution in [1.29, 1.82) is 0 Å². The van der Waals surface area contributed by atoms with Gasteiger partial charge in [-0.05, 0) is 40.5 Å². The van der Waals surface area contributed by atoms with Crippen LogP contribution in [0.2, 0.25) is 5.02 Å². The van der Waals surface area contributed by atoms with Crippen molar-refractivity contribution in [1.82, 2.24) is 15.0 Å². The second-order valence-corrected chi connectivity index (χ2v) is 9.43. The summed E-state index contributed by atoms with van der Waals surface area (Å²) in [5, 5.41) is 3.00. The molecular formula is C28H22ClN3O3. The number of halogens is 1. The van der Waals surface area contributed by atoms with E-state index < -0.39 is 0 Å². The van der Waals surface area contributed by atoms with Gasteiger partial charge in [-0.1, -0.05) is 72.3 Å². The number of hydrogen-bond donors (Lipinski definition) is 1. The Kier molecular flexibility index (Phi) is 4.98. The average Bonchev–Trinajstić information content (AvgIpc) is 3.60. The number of rotatable bonds is 4. The molecule has 0 saturated carbocycles. The summed E-state index contributed by atoms with van der Waals surface area (Å²) in [7, 11) is 0. The summed E-state index contributed by atoms with van der Waals surface area (Å²) in [5.41, 5.74) is 5.20. The molecule has 2 aliphatic rings. The lowest BCUT2D eigenvalue weighted by Gasteiger charge is -2.15. The molecule has 7 heteroatoms. The first-order valence-corrected chi connectivity index (χ1v) is 12.1. The van der Waals surface area contributed by atoms with Crippen molar-refractivity contribution in [2.75, 3.05) is 13.2 Å². The molecule has 35 heavy (non-hydrogen) atoms. The van der Waals surface area contributed by atoms with Gasteiger partial charge in [0.05, 0.1) is 28.9 Å². The fourth-order valence-corrected chi connectivity index (χ4v) is 5.28. The topological polar surface area (TPSA) is 69.3 Å². The Morgan fingerprint density at radius 3 is 2.54 bits per heavy atom. The highest BCUT2D eigenvalue weighted by atomic mass is 35.5. The number of benzene rings is 3. The summed E-state index contributed by atoms with van der Waals surface area (Å²) in [6, 6.07) is 25.4. The Morgan fingerprint density at radius 1 is 0.857 bits per heavy atom. The predicted octanol–water partition coefficient (Wildman–Crippen LogP) is 6.03. The second-order valence-electron chi connectivity index (χ2n) is 9.02. The zero-order valence-electron chi connectivity index (χ0n) is 18.8. The quantitative estimate of drug-likeness (QED) is 0.338. The maximum absolute atomic E-state index is 6.62. The van der Waals surface area contributed by atoms with Gasteiger partial charge in [-0.25, -0.2) is 4.98 Å². The first-order valence-electron chi connectivity index (χ1n) is 11.8. The van der Waals surface area contributed by atoms with Crippen molar-refractivity contribution in [3.05, 3.63) is 77.8 Å². The summed E-state index contributed by atoms with van der Waals surface area (Å²) in [6.07, 6.45) is 0.795. The molecule has 5 aromatic rings. The minimum atomic E-state index is -0.180. The molecule has 3 unspecified atom stereocenters. The number of H-pyrrole nitrogens is 1. The van der Waals surface area contributed by atoms with Gasteiger partial charge >= 0.3 is 0 Å². The van der Waals surface area contributed by atoms with Gasteiger partial charge in [-0.3, -0.25) is 0 Å². The third kappa shape index (κ3) is 3.74. The van der Waals surface area contributed by atoms with Crippen molar-refractivity contribution >= 4 is 33.5 Å². The van der Waals surface area contributed by atoms with Gasteiger partial charge in [0.25, 0.3) is 6.01 Å². The van der Waals surface area contributed by atoms with E-state index in [-0.39, 0.29) is 18.3 Å². The fourth-order valence-electron chi connectivity index (χ4n) is 5.02. The highest BCUT2D eigenvalue weighted by molar-refractivity contribution is 6.33. The molecule has 3 aromatic carbocycles. The van der Waals surface area contributed by atoms with E-state index in [1.54, 1.807) is 0 Å². The van der Waals surface area contributed by atoms with Crippen molar-refractivity contribution < 1.29 is 14.2 Å². The molecule has 174 valence electrons. The van der Waals surface area contributed by atoms with E-state index in [9.17, 15) is 0 Å². The van der Waals surface area contributed by atoms with Gasteiger partial charge in [-0.2, -0.15) is 4.98 Å². The normalized spacial score (nSPS) is 21.6. The molecule has 0 bridgehead atoms. The fraction of sp³-hybridized carbons (Fsp3) is 0.214. The molecule has 2 aromatic heterocycles. The lowest BCUT2D eigenvalue weighted by atomic mass is 9.99. The van der Waals surface area contributed by atoms with Crippen LogP contribution in [0.15, 0.2) is 72.8 Å². The van der Waals surface area contributed by atoms with Gasteiger partial charge in [-0.15, -0.1) is 0 Å². The Balaban J connectivity index is 1.16. The monoisotopic (exact) mass is 483 g/mol. The van der Waals surface area contributed by atoms with Crippen LogP contribution >= 0.6 is 11.6 Å². The number of aromatic nitrogens is 3. The standard InChI is InChI=1S/C28H22ClN3O3/c29-21-14-22-27(32-28(30-22)35-24-15-34-23-11-12-33-26(23)24)31-25(21)18-8-5-17(6-9-18)20-10-7-16-3-1-2-4-19(16)13-20/h1-10,13-14,23-24,26H,11-12,15H2,(H,30,31,32). The lowest BCUT2D eigenvalue weighted by Crippen LogP contribution is -2.32. The Hall–Kier alpha value is -3.45. The molecule has 2 fully saturated rings. The van der Waals surface area contributed by atoms with Crippen molar-refractivity contribution in [2.45, 2.75) is 24.7 Å². The zero-order chi connectivity index (χ0) is 23.4. The first kappa shape index (κ1) is 20.9. The van der Waals surface area contributed by atoms with Crippen LogP contribution in [0.1, 0.15) is 6.42 Å². The molecule has 3 atom stereocenters. The van der Waals surface area contributed by atoms with Crippen LogP contribution in [0.3, 0.4) is 0 Å². The van der Waals surface area contributed by atoms with Gasteiger partial charge in [0.1, 0.15) is 6.10 Å². The predicted molar refractivity (Wildman–Crippen MR) is 136 cm³/mol. The van der Waals surface area contributed by atoms with Crippen LogP contribution in [-0.4, -0.2) is 46.5 Å². The highest BCUT2D eigenvalue weighted by Gasteiger charge is 2.43. The van der Waals surface area contributed by atoms with Crippen LogP contribution < -0.4 is 4.74 Å². The van der Waals surface area contributed by atoms with Gasteiger partial charge in [0.15, 0.2) is 11.8 Å². The summed E-state index contributed by atoms with van der Waals surface area (Å²) in [4.78, 5) is 12.5. The lowest BCUT2D eigenvalue weighted by molar-refractivity contribution is 0.0273. The SMILES string of the molecule is Clc1cc2[nH]c(OC3COC4CCOC43)nc2nc1-c1ccc(-c2ccc3ccccc3c2)cc1. The van der Waals surface area contributed by atoms with Crippen LogP contribution in [0.5, 0.6) is 6.01 Å². The second kappa shape index (κ2) is 8.34. The molecular weight excluding hydrogens is 462 g/mol. The third-order valence-electron chi connectivity index (χ3n) is 6.83. The number of fused-ring (bicyclic) bond motifs is 3. The highest BCUT2D eigenvalue weighted by Crippen LogP contribution is 2.33. The number of nitrogens with one attached hydrogen (secondary N) is 1. The summed E-state index contributed by atoms with van der Waals surface area (Å²) >= 11 is 6.62. The molecule has 0 spiro atoms. The maximum atomic E-state index is 6.62. The summed E-state index contributed by atoms with van der Waals surface area (Å²) < 4.78 is 17.6. The minimum absolute atomic E-state index is 0.0450.